The van der Waals surface area contributed by atoms with Crippen LogP contribution in [0.3, 0.4) is 0 Å². The number of aromatic nitrogens is 4. The van der Waals surface area contributed by atoms with Gasteiger partial charge in [0.25, 0.3) is 5.91 Å². The highest BCUT2D eigenvalue weighted by atomic mass is 16.5. The predicted molar refractivity (Wildman–Crippen MR) is 161 cm³/mol. The number of fused-ring (bicyclic) bond motifs is 2. The Bertz CT molecular complexity index is 2190. The first-order valence-electron chi connectivity index (χ1n) is 13.0. The number of H-pyrrole nitrogens is 2. The van der Waals surface area contributed by atoms with Crippen LogP contribution in [0.4, 0.5) is 17.1 Å². The summed E-state index contributed by atoms with van der Waals surface area (Å²) < 4.78 is 12.9. The van der Waals surface area contributed by atoms with Crippen LogP contribution in [0.2, 0.25) is 0 Å². The minimum absolute atomic E-state index is 0.268. The second-order valence-corrected chi connectivity index (χ2v) is 9.53. The number of para-hydroxylation sites is 2. The number of nitriles is 1. The number of hydrogen-bond acceptors (Lipinski definition) is 8. The van der Waals surface area contributed by atoms with E-state index in [0.717, 1.165) is 0 Å². The summed E-state index contributed by atoms with van der Waals surface area (Å²) in [6.45, 7) is 1.81. The highest BCUT2D eigenvalue weighted by molar-refractivity contribution is 6.07. The van der Waals surface area contributed by atoms with Crippen LogP contribution in [0.1, 0.15) is 21.5 Å². The largest absolute Gasteiger partial charge is 0.493 e. The molecule has 0 saturated heterocycles. The van der Waals surface area contributed by atoms with Gasteiger partial charge in [-0.2, -0.15) is 10.4 Å². The third-order valence-electron chi connectivity index (χ3n) is 6.83. The zero-order valence-electron chi connectivity index (χ0n) is 22.9. The summed E-state index contributed by atoms with van der Waals surface area (Å²) in [6.07, 6.45) is 3.10. The molecule has 12 nitrogen and oxygen atoms in total. The number of benzene rings is 3. The summed E-state index contributed by atoms with van der Waals surface area (Å²) in [6, 6.07) is 21.3. The van der Waals surface area contributed by atoms with Crippen LogP contribution < -0.4 is 31.2 Å². The lowest BCUT2D eigenvalue weighted by atomic mass is 10.1. The van der Waals surface area contributed by atoms with Gasteiger partial charge in [-0.25, -0.2) is 4.52 Å². The number of nitrogens with one attached hydrogen (secondary N) is 4. The second kappa shape index (κ2) is 10.9. The number of anilines is 3. The van der Waals surface area contributed by atoms with E-state index in [1.165, 1.54) is 18.3 Å². The van der Waals surface area contributed by atoms with E-state index in [1.807, 2.05) is 43.3 Å². The molecule has 0 aliphatic rings. The summed E-state index contributed by atoms with van der Waals surface area (Å²) in [5.74, 6) is 1.36. The average Bonchev–Trinajstić information content (AvgIpc) is 3.33. The normalized spacial score (nSPS) is 10.8. The maximum atomic E-state index is 13.1. The van der Waals surface area contributed by atoms with E-state index in [2.05, 4.69) is 31.8 Å². The third-order valence-corrected chi connectivity index (χ3v) is 6.83. The van der Waals surface area contributed by atoms with Gasteiger partial charge < -0.3 is 30.1 Å². The van der Waals surface area contributed by atoms with E-state index in [-0.39, 0.29) is 5.56 Å². The summed E-state index contributed by atoms with van der Waals surface area (Å²) in [5.41, 5.74) is 2.69. The van der Waals surface area contributed by atoms with Crippen LogP contribution in [-0.4, -0.2) is 32.6 Å². The Labute approximate surface area is 243 Å². The molecule has 6 aromatic rings. The zero-order valence-corrected chi connectivity index (χ0v) is 22.9. The molecule has 43 heavy (non-hydrogen) atoms. The minimum atomic E-state index is -0.808. The van der Waals surface area contributed by atoms with Crippen molar-refractivity contribution >= 4 is 39.5 Å². The smallest absolute Gasteiger partial charge is 0.314 e. The lowest BCUT2D eigenvalue weighted by Gasteiger charge is -2.13. The first-order chi connectivity index (χ1) is 20.8. The van der Waals surface area contributed by atoms with Gasteiger partial charge in [-0.05, 0) is 61.5 Å². The number of methoxy groups -OCH3 is 1. The number of carbonyl (C=O) groups excluding carboxylic acids is 1. The van der Waals surface area contributed by atoms with Gasteiger partial charge in [0, 0.05) is 16.8 Å². The van der Waals surface area contributed by atoms with Crippen molar-refractivity contribution in [1.82, 2.24) is 19.6 Å². The van der Waals surface area contributed by atoms with E-state index >= 15 is 0 Å². The Morgan fingerprint density at radius 3 is 2.42 bits per heavy atom. The summed E-state index contributed by atoms with van der Waals surface area (Å²) in [4.78, 5) is 41.4. The number of carbonyl (C=O) groups is 1. The number of aromatic amines is 2. The molecule has 0 fully saturated rings. The highest BCUT2D eigenvalue weighted by Gasteiger charge is 2.18. The van der Waals surface area contributed by atoms with E-state index < -0.39 is 17.0 Å². The van der Waals surface area contributed by atoms with Crippen LogP contribution >= 0.6 is 0 Å². The van der Waals surface area contributed by atoms with Crippen molar-refractivity contribution in [2.75, 3.05) is 17.7 Å². The first-order valence-corrected chi connectivity index (χ1v) is 13.0. The van der Waals surface area contributed by atoms with Crippen LogP contribution in [0, 0.1) is 18.3 Å². The number of nitrogens with zero attached hydrogens (tertiary/aromatic N) is 3. The lowest BCUT2D eigenvalue weighted by Crippen LogP contribution is -2.29. The Hall–Kier alpha value is -6.35. The second-order valence-electron chi connectivity index (χ2n) is 9.53. The average molecular weight is 574 g/mol. The van der Waals surface area contributed by atoms with Crippen LogP contribution in [0.25, 0.3) is 16.6 Å². The number of aryl methyl sites for hydroxylation is 1. The maximum Gasteiger partial charge on any atom is 0.314 e. The highest BCUT2D eigenvalue weighted by Crippen LogP contribution is 2.34. The molecule has 0 unspecified atom stereocenters. The molecule has 0 aliphatic carbocycles. The molecule has 1 amide bonds. The van der Waals surface area contributed by atoms with E-state index in [0.29, 0.717) is 62.0 Å². The van der Waals surface area contributed by atoms with Gasteiger partial charge in [-0.3, -0.25) is 14.4 Å². The summed E-state index contributed by atoms with van der Waals surface area (Å²) >= 11 is 0. The molecule has 212 valence electrons. The molecular formula is C31H23N7O5. The molecule has 0 saturated carbocycles. The number of ether oxygens (including phenoxy) is 2. The maximum absolute atomic E-state index is 13.1. The Kier molecular flexibility index (Phi) is 6.81. The fourth-order valence-corrected chi connectivity index (χ4v) is 4.66. The van der Waals surface area contributed by atoms with Crippen molar-refractivity contribution in [3.05, 3.63) is 117 Å². The first kappa shape index (κ1) is 26.9. The van der Waals surface area contributed by atoms with Crippen LogP contribution in [0.5, 0.6) is 17.2 Å². The van der Waals surface area contributed by atoms with Gasteiger partial charge in [-0.1, -0.05) is 12.1 Å². The fraction of sp³-hybridized carbons (Fsp3) is 0.0645. The number of amides is 1. The molecular weight excluding hydrogens is 550 g/mol. The molecule has 12 heteroatoms. The van der Waals surface area contributed by atoms with Crippen LogP contribution in [-0.2, 0) is 0 Å². The number of rotatable bonds is 7. The van der Waals surface area contributed by atoms with Gasteiger partial charge in [0.05, 0.1) is 53.0 Å². The summed E-state index contributed by atoms with van der Waals surface area (Å²) in [5, 5.41) is 20.4. The van der Waals surface area contributed by atoms with Gasteiger partial charge in [0.1, 0.15) is 11.8 Å². The van der Waals surface area contributed by atoms with Gasteiger partial charge >= 0.3 is 11.1 Å². The zero-order chi connectivity index (χ0) is 30.1. The minimum Gasteiger partial charge on any atom is -0.493 e. The Morgan fingerprint density at radius 1 is 0.977 bits per heavy atom. The van der Waals surface area contributed by atoms with E-state index in [9.17, 15) is 19.6 Å². The molecule has 3 aromatic heterocycles. The Morgan fingerprint density at radius 2 is 1.70 bits per heavy atom. The summed E-state index contributed by atoms with van der Waals surface area (Å²) in [7, 11) is 1.58. The Balaban J connectivity index is 1.28. The topological polar surface area (TPSA) is 166 Å². The van der Waals surface area contributed by atoms with Gasteiger partial charge in [0.2, 0.25) is 0 Å². The molecule has 3 heterocycles. The predicted octanol–water partition coefficient (Wildman–Crippen LogP) is 4.84. The van der Waals surface area contributed by atoms with Crippen molar-refractivity contribution < 1.29 is 14.3 Å². The SMILES string of the molecule is COc1ccccc1Oc1ccc(Nc2c(C#N)cnn3cc(NC(=O)c4ccc5[nH]c(=O)c(=O)[nH]c5c4)c(C)c23)cc1. The fourth-order valence-electron chi connectivity index (χ4n) is 4.66. The molecule has 0 atom stereocenters. The van der Waals surface area contributed by atoms with Crippen molar-refractivity contribution in [3.8, 4) is 23.3 Å². The molecule has 0 spiro atoms. The standard InChI is InChI=1S/C31H23N7O5/c1-17-24(37-29(39)18-7-12-22-23(13-18)36-31(41)30(40)35-22)16-38-28(17)27(19(14-32)15-33-38)34-20-8-10-21(11-9-20)43-26-6-4-3-5-25(26)42-2/h3-13,15-16,34H,1-2H3,(H,35,40)(H,36,41)(H,37,39). The van der Waals surface area contributed by atoms with Crippen molar-refractivity contribution in [2.24, 2.45) is 0 Å². The molecule has 6 rings (SSSR count). The monoisotopic (exact) mass is 573 g/mol. The van der Waals surface area contributed by atoms with Crippen molar-refractivity contribution in [1.29, 1.82) is 5.26 Å². The molecule has 0 bridgehead atoms. The van der Waals surface area contributed by atoms with Gasteiger partial charge in [-0.15, -0.1) is 0 Å². The van der Waals surface area contributed by atoms with Crippen LogP contribution in [0.15, 0.2) is 88.7 Å². The van der Waals surface area contributed by atoms with E-state index in [1.54, 1.807) is 36.0 Å². The third kappa shape index (κ3) is 5.14. The molecule has 3 aromatic carbocycles. The molecule has 0 radical (unpaired) electrons. The van der Waals surface area contributed by atoms with Crippen molar-refractivity contribution in [2.45, 2.75) is 6.92 Å². The van der Waals surface area contributed by atoms with Crippen molar-refractivity contribution in [3.63, 3.8) is 0 Å². The lowest BCUT2D eigenvalue weighted by molar-refractivity contribution is 0.102. The molecule has 4 N–H and O–H groups in total. The number of hydrogen-bond donors (Lipinski definition) is 4. The quantitative estimate of drug-likeness (QED) is 0.197. The molecule has 0 aliphatic heterocycles. The van der Waals surface area contributed by atoms with Gasteiger partial charge in [0.15, 0.2) is 11.5 Å². The van der Waals surface area contributed by atoms with E-state index in [4.69, 9.17) is 9.47 Å².